The lowest BCUT2D eigenvalue weighted by Gasteiger charge is -2.21. The van der Waals surface area contributed by atoms with Crippen molar-refractivity contribution in [1.82, 2.24) is 4.98 Å². The Labute approximate surface area is 111 Å². The molecule has 3 rings (SSSR count). The first-order chi connectivity index (χ1) is 8.35. The third-order valence-electron chi connectivity index (χ3n) is 4.28. The molecule has 0 aromatic carbocycles. The summed E-state index contributed by atoms with van der Waals surface area (Å²) in [5.41, 5.74) is 1.05. The van der Waals surface area contributed by atoms with E-state index in [1.54, 1.807) is 0 Å². The number of rotatable bonds is 4. The van der Waals surface area contributed by atoms with E-state index < -0.39 is 0 Å². The third-order valence-corrected chi connectivity index (χ3v) is 4.86. The van der Waals surface area contributed by atoms with Crippen molar-refractivity contribution in [3.05, 3.63) is 24.0 Å². The summed E-state index contributed by atoms with van der Waals surface area (Å²) in [4.78, 5) is 4.32. The predicted molar refractivity (Wildman–Crippen MR) is 71.3 cm³/mol. The highest BCUT2D eigenvalue weighted by Gasteiger charge is 2.39. The van der Waals surface area contributed by atoms with Crippen LogP contribution in [0.1, 0.15) is 31.4 Å². The minimum atomic E-state index is 0.796. The summed E-state index contributed by atoms with van der Waals surface area (Å²) in [6.07, 6.45) is 7.57. The molecule has 2 saturated carbocycles. The van der Waals surface area contributed by atoms with Crippen LogP contribution in [0.5, 0.6) is 5.75 Å². The van der Waals surface area contributed by atoms with Crippen LogP contribution < -0.4 is 4.74 Å². The van der Waals surface area contributed by atoms with Gasteiger partial charge in [0.15, 0.2) is 0 Å². The molecular formula is C14H18BrNO. The van der Waals surface area contributed by atoms with Crippen LogP contribution in [0.3, 0.4) is 0 Å². The monoisotopic (exact) mass is 295 g/mol. The van der Waals surface area contributed by atoms with Gasteiger partial charge in [0.1, 0.15) is 5.75 Å². The van der Waals surface area contributed by atoms with Crippen LogP contribution >= 0.6 is 15.9 Å². The second-order valence-electron chi connectivity index (χ2n) is 5.36. The lowest BCUT2D eigenvalue weighted by atomic mass is 9.90. The minimum Gasteiger partial charge on any atom is -0.492 e. The molecule has 17 heavy (non-hydrogen) atoms. The quantitative estimate of drug-likeness (QED) is 0.789. The minimum absolute atomic E-state index is 0.796. The standard InChI is InChI=1S/C14H18BrNO/c15-7-13-3-4-14(8-16-13)17-9-12-6-10-1-2-11(12)5-10/h3-4,8,10-12H,1-2,5-7,9H2. The molecule has 1 aromatic rings. The molecule has 2 nitrogen and oxygen atoms in total. The van der Waals surface area contributed by atoms with Crippen LogP contribution in [-0.4, -0.2) is 11.6 Å². The Bertz CT molecular complexity index is 378. The fourth-order valence-electron chi connectivity index (χ4n) is 3.36. The van der Waals surface area contributed by atoms with Crippen molar-refractivity contribution in [1.29, 1.82) is 0 Å². The maximum Gasteiger partial charge on any atom is 0.137 e. The van der Waals surface area contributed by atoms with Gasteiger partial charge >= 0.3 is 0 Å². The molecule has 0 radical (unpaired) electrons. The van der Waals surface area contributed by atoms with Gasteiger partial charge in [-0.2, -0.15) is 0 Å². The first kappa shape index (κ1) is 11.5. The van der Waals surface area contributed by atoms with Crippen molar-refractivity contribution < 1.29 is 4.74 Å². The summed E-state index contributed by atoms with van der Waals surface area (Å²) < 4.78 is 5.86. The van der Waals surface area contributed by atoms with Crippen molar-refractivity contribution in [3.8, 4) is 5.75 Å². The van der Waals surface area contributed by atoms with Crippen LogP contribution in [0.2, 0.25) is 0 Å². The van der Waals surface area contributed by atoms with Gasteiger partial charge in [-0.1, -0.05) is 22.4 Å². The fourth-order valence-corrected chi connectivity index (χ4v) is 3.69. The molecule has 3 unspecified atom stereocenters. The van der Waals surface area contributed by atoms with E-state index in [1.807, 2.05) is 18.3 Å². The zero-order chi connectivity index (χ0) is 11.7. The topological polar surface area (TPSA) is 22.1 Å². The molecule has 3 heteroatoms. The van der Waals surface area contributed by atoms with Gasteiger partial charge in [0.25, 0.3) is 0 Å². The molecule has 0 N–H and O–H groups in total. The van der Waals surface area contributed by atoms with E-state index in [1.165, 1.54) is 25.7 Å². The molecule has 0 spiro atoms. The van der Waals surface area contributed by atoms with Crippen molar-refractivity contribution in [2.75, 3.05) is 6.61 Å². The Kier molecular flexibility index (Phi) is 3.37. The molecule has 92 valence electrons. The number of pyridine rings is 1. The average molecular weight is 296 g/mol. The van der Waals surface area contributed by atoms with E-state index >= 15 is 0 Å². The Hall–Kier alpha value is -0.570. The van der Waals surface area contributed by atoms with Crippen LogP contribution in [0.15, 0.2) is 18.3 Å². The van der Waals surface area contributed by atoms with E-state index in [-0.39, 0.29) is 0 Å². The molecule has 0 saturated heterocycles. The zero-order valence-corrected chi connectivity index (χ0v) is 11.5. The van der Waals surface area contributed by atoms with Crippen molar-refractivity contribution in [2.45, 2.75) is 31.0 Å². The summed E-state index contributed by atoms with van der Waals surface area (Å²) in [5.74, 6) is 3.65. The van der Waals surface area contributed by atoms with Crippen molar-refractivity contribution in [2.24, 2.45) is 17.8 Å². The Morgan fingerprint density at radius 2 is 2.24 bits per heavy atom. The van der Waals surface area contributed by atoms with Gasteiger partial charge in [-0.05, 0) is 49.1 Å². The van der Waals surface area contributed by atoms with E-state index in [0.29, 0.717) is 0 Å². The van der Waals surface area contributed by atoms with Gasteiger partial charge in [-0.3, -0.25) is 4.98 Å². The number of halogens is 1. The lowest BCUT2D eigenvalue weighted by molar-refractivity contribution is 0.194. The van der Waals surface area contributed by atoms with Gasteiger partial charge in [-0.25, -0.2) is 0 Å². The number of fused-ring (bicyclic) bond motifs is 2. The van der Waals surface area contributed by atoms with Gasteiger partial charge < -0.3 is 4.74 Å². The molecule has 3 atom stereocenters. The third kappa shape index (κ3) is 2.49. The summed E-state index contributed by atoms with van der Waals surface area (Å²) in [6.45, 7) is 0.885. The second-order valence-corrected chi connectivity index (χ2v) is 5.93. The summed E-state index contributed by atoms with van der Waals surface area (Å²) in [7, 11) is 0. The number of aromatic nitrogens is 1. The highest BCUT2D eigenvalue weighted by atomic mass is 79.9. The largest absolute Gasteiger partial charge is 0.492 e. The molecule has 2 aliphatic carbocycles. The van der Waals surface area contributed by atoms with Gasteiger partial charge in [-0.15, -0.1) is 0 Å². The smallest absolute Gasteiger partial charge is 0.137 e. The van der Waals surface area contributed by atoms with Crippen molar-refractivity contribution >= 4 is 15.9 Å². The normalized spacial score (nSPS) is 30.8. The van der Waals surface area contributed by atoms with Crippen molar-refractivity contribution in [3.63, 3.8) is 0 Å². The highest BCUT2D eigenvalue weighted by molar-refractivity contribution is 9.08. The molecule has 2 aliphatic rings. The number of hydrogen-bond acceptors (Lipinski definition) is 2. The van der Waals surface area contributed by atoms with E-state index in [0.717, 1.165) is 41.1 Å². The summed E-state index contributed by atoms with van der Waals surface area (Å²) >= 11 is 3.39. The number of nitrogens with zero attached hydrogens (tertiary/aromatic N) is 1. The number of alkyl halides is 1. The SMILES string of the molecule is BrCc1ccc(OCC2CC3CCC2C3)cn1. The lowest BCUT2D eigenvalue weighted by Crippen LogP contribution is -2.18. The van der Waals surface area contributed by atoms with Crippen LogP contribution in [-0.2, 0) is 5.33 Å². The molecule has 0 aliphatic heterocycles. The Balaban J connectivity index is 1.53. The van der Waals surface area contributed by atoms with E-state index in [2.05, 4.69) is 20.9 Å². The molecular weight excluding hydrogens is 278 g/mol. The van der Waals surface area contributed by atoms with Crippen LogP contribution in [0, 0.1) is 17.8 Å². The number of ether oxygens (including phenoxy) is 1. The van der Waals surface area contributed by atoms with Crippen LogP contribution in [0.25, 0.3) is 0 Å². The summed E-state index contributed by atoms with van der Waals surface area (Å²) in [6, 6.07) is 4.04. The van der Waals surface area contributed by atoms with Gasteiger partial charge in [0.2, 0.25) is 0 Å². The first-order valence-corrected chi connectivity index (χ1v) is 7.61. The Morgan fingerprint density at radius 1 is 1.29 bits per heavy atom. The molecule has 1 aromatic heterocycles. The van der Waals surface area contributed by atoms with E-state index in [4.69, 9.17) is 4.74 Å². The first-order valence-electron chi connectivity index (χ1n) is 6.49. The maximum absolute atomic E-state index is 5.86. The van der Waals surface area contributed by atoms with E-state index in [9.17, 15) is 0 Å². The maximum atomic E-state index is 5.86. The molecule has 0 amide bonds. The fraction of sp³-hybridized carbons (Fsp3) is 0.643. The highest BCUT2D eigenvalue weighted by Crippen LogP contribution is 2.48. The van der Waals surface area contributed by atoms with Gasteiger partial charge in [0.05, 0.1) is 18.5 Å². The zero-order valence-electron chi connectivity index (χ0n) is 9.94. The average Bonchev–Trinajstić information content (AvgIpc) is 2.99. The Morgan fingerprint density at radius 3 is 2.82 bits per heavy atom. The molecule has 2 bridgehead atoms. The number of hydrogen-bond donors (Lipinski definition) is 0. The van der Waals surface area contributed by atoms with Gasteiger partial charge in [0, 0.05) is 5.33 Å². The predicted octanol–water partition coefficient (Wildman–Crippen LogP) is 3.79. The molecule has 2 fully saturated rings. The van der Waals surface area contributed by atoms with Crippen LogP contribution in [0.4, 0.5) is 0 Å². The summed E-state index contributed by atoms with van der Waals surface area (Å²) in [5, 5.41) is 0.805. The molecule has 1 heterocycles. The second kappa shape index (κ2) is 4.97.